The molecule has 44 heavy (non-hydrogen) atoms. The highest BCUT2D eigenvalue weighted by molar-refractivity contribution is 6.11. The van der Waals surface area contributed by atoms with Gasteiger partial charge in [-0.2, -0.15) is 0 Å². The van der Waals surface area contributed by atoms with Gasteiger partial charge in [0.2, 0.25) is 23.6 Å². The highest BCUT2D eigenvalue weighted by Gasteiger charge is 2.37. The van der Waals surface area contributed by atoms with Crippen LogP contribution in [-0.4, -0.2) is 77.3 Å². The first-order valence-corrected chi connectivity index (χ1v) is 16.0. The van der Waals surface area contributed by atoms with Gasteiger partial charge in [0.1, 0.15) is 23.6 Å². The maximum absolute atomic E-state index is 15.6. The van der Waals surface area contributed by atoms with Gasteiger partial charge in [-0.1, -0.05) is 39.2 Å². The van der Waals surface area contributed by atoms with E-state index >= 15 is 4.39 Å². The summed E-state index contributed by atoms with van der Waals surface area (Å²) in [6.07, 6.45) is 6.54. The molecule has 240 valence electrons. The molecule has 2 heterocycles. The number of anilines is 2. The lowest BCUT2D eigenvalue weighted by atomic mass is 9.79. The second-order valence-corrected chi connectivity index (χ2v) is 12.1. The first-order chi connectivity index (χ1) is 21.1. The van der Waals surface area contributed by atoms with Crippen LogP contribution in [0.4, 0.5) is 15.9 Å². The highest BCUT2D eigenvalue weighted by Crippen LogP contribution is 2.33. The molecule has 0 unspecified atom stereocenters. The fourth-order valence-electron chi connectivity index (χ4n) is 6.24. The van der Waals surface area contributed by atoms with Crippen LogP contribution < -0.4 is 16.0 Å². The van der Waals surface area contributed by atoms with Gasteiger partial charge in [0.05, 0.1) is 5.69 Å². The third-order valence-corrected chi connectivity index (χ3v) is 9.10. The Kier molecular flexibility index (Phi) is 11.5. The van der Waals surface area contributed by atoms with Crippen molar-refractivity contribution in [2.75, 3.05) is 43.9 Å². The average Bonchev–Trinajstić information content (AvgIpc) is 3.48. The van der Waals surface area contributed by atoms with E-state index in [9.17, 15) is 19.2 Å². The number of piperazine rings is 1. The number of aromatic nitrogens is 1. The van der Waals surface area contributed by atoms with Crippen molar-refractivity contribution >= 4 is 35.1 Å². The van der Waals surface area contributed by atoms with Crippen LogP contribution in [0.1, 0.15) is 70.8 Å². The van der Waals surface area contributed by atoms with Crippen LogP contribution >= 0.6 is 0 Å². The maximum atomic E-state index is 15.6. The molecule has 4 amide bonds. The number of hydrogen-bond donors (Lipinski definition) is 3. The Balaban J connectivity index is 1.52. The van der Waals surface area contributed by atoms with Gasteiger partial charge < -0.3 is 30.3 Å². The molecule has 2 fully saturated rings. The third kappa shape index (κ3) is 8.05. The lowest BCUT2D eigenvalue weighted by Crippen LogP contribution is -2.55. The normalized spacial score (nSPS) is 18.2. The van der Waals surface area contributed by atoms with E-state index in [1.807, 2.05) is 30.8 Å². The second-order valence-electron chi connectivity index (χ2n) is 12.1. The summed E-state index contributed by atoms with van der Waals surface area (Å²) >= 11 is 0. The smallest absolute Gasteiger partial charge is 0.245 e. The molecule has 4 rings (SSSR count). The molecule has 3 N–H and O–H groups in total. The SMILES string of the molecule is CCC(=O)N[C@@H](C(=O)N1CCN(C)CC1)[C@@H](C)c1ccc(NC(=O)[C@@H](C(=O)Nc2cccn2CC)C2CCCCC2)c(F)c1. The van der Waals surface area contributed by atoms with Crippen molar-refractivity contribution in [3.05, 3.63) is 47.9 Å². The van der Waals surface area contributed by atoms with Gasteiger partial charge in [0.25, 0.3) is 0 Å². The summed E-state index contributed by atoms with van der Waals surface area (Å²) in [4.78, 5) is 56.9. The topological polar surface area (TPSA) is 116 Å². The molecule has 1 aliphatic carbocycles. The summed E-state index contributed by atoms with van der Waals surface area (Å²) in [5.74, 6) is -3.07. The van der Waals surface area contributed by atoms with E-state index < -0.39 is 35.5 Å². The van der Waals surface area contributed by atoms with Crippen molar-refractivity contribution in [1.82, 2.24) is 19.7 Å². The number of nitrogens with one attached hydrogen (secondary N) is 3. The third-order valence-electron chi connectivity index (χ3n) is 9.10. The zero-order valence-electron chi connectivity index (χ0n) is 26.4. The van der Waals surface area contributed by atoms with Crippen LogP contribution in [0.25, 0.3) is 0 Å². The first-order valence-electron chi connectivity index (χ1n) is 16.0. The van der Waals surface area contributed by atoms with Crippen molar-refractivity contribution < 1.29 is 23.6 Å². The number of amides is 4. The molecule has 0 bridgehead atoms. The molecular formula is C33H47FN6O4. The van der Waals surface area contributed by atoms with Gasteiger partial charge in [0.15, 0.2) is 0 Å². The number of carbonyl (C=O) groups excluding carboxylic acids is 4. The van der Waals surface area contributed by atoms with Gasteiger partial charge in [0, 0.05) is 51.3 Å². The van der Waals surface area contributed by atoms with E-state index in [0.29, 0.717) is 31.0 Å². The van der Waals surface area contributed by atoms with Crippen molar-refractivity contribution in [3.63, 3.8) is 0 Å². The quantitative estimate of drug-likeness (QED) is 0.330. The Bertz CT molecular complexity index is 1320. The van der Waals surface area contributed by atoms with Crippen molar-refractivity contribution in [3.8, 4) is 0 Å². The Labute approximate surface area is 259 Å². The summed E-state index contributed by atoms with van der Waals surface area (Å²) in [6, 6.07) is 7.20. The highest BCUT2D eigenvalue weighted by atomic mass is 19.1. The Morgan fingerprint density at radius 2 is 1.64 bits per heavy atom. The molecule has 2 aromatic rings. The Hall–Kier alpha value is -3.73. The van der Waals surface area contributed by atoms with E-state index in [4.69, 9.17) is 0 Å². The molecule has 0 spiro atoms. The average molecular weight is 611 g/mol. The van der Waals surface area contributed by atoms with E-state index in [-0.39, 0.29) is 29.8 Å². The molecule has 10 nitrogen and oxygen atoms in total. The number of hydrogen-bond acceptors (Lipinski definition) is 5. The first kappa shape index (κ1) is 33.2. The summed E-state index contributed by atoms with van der Waals surface area (Å²) in [7, 11) is 2.00. The van der Waals surface area contributed by atoms with Gasteiger partial charge >= 0.3 is 0 Å². The van der Waals surface area contributed by atoms with Gasteiger partial charge in [-0.25, -0.2) is 4.39 Å². The number of carbonyl (C=O) groups is 4. The molecule has 3 atom stereocenters. The summed E-state index contributed by atoms with van der Waals surface area (Å²) < 4.78 is 17.5. The number of benzene rings is 1. The minimum absolute atomic E-state index is 0.0315. The molecule has 1 aliphatic heterocycles. The predicted octanol–water partition coefficient (Wildman–Crippen LogP) is 4.19. The summed E-state index contributed by atoms with van der Waals surface area (Å²) in [5.41, 5.74) is 0.488. The number of nitrogens with zero attached hydrogens (tertiary/aromatic N) is 3. The zero-order chi connectivity index (χ0) is 31.8. The van der Waals surface area contributed by atoms with Crippen molar-refractivity contribution in [2.45, 2.75) is 77.8 Å². The molecule has 1 aromatic heterocycles. The molecule has 1 saturated carbocycles. The number of rotatable bonds is 11. The number of halogens is 1. The zero-order valence-corrected chi connectivity index (χ0v) is 26.4. The van der Waals surface area contributed by atoms with Crippen molar-refractivity contribution in [1.29, 1.82) is 0 Å². The Morgan fingerprint density at radius 3 is 2.27 bits per heavy atom. The maximum Gasteiger partial charge on any atom is 0.245 e. The molecule has 0 radical (unpaired) electrons. The minimum atomic E-state index is -0.969. The van der Waals surface area contributed by atoms with E-state index in [1.165, 1.54) is 12.1 Å². The van der Waals surface area contributed by atoms with E-state index in [1.54, 1.807) is 30.9 Å². The molecule has 1 aromatic carbocycles. The van der Waals surface area contributed by atoms with Crippen LogP contribution in [-0.2, 0) is 25.7 Å². The number of likely N-dealkylation sites (N-methyl/N-ethyl adjacent to an activating group) is 1. The fourth-order valence-corrected chi connectivity index (χ4v) is 6.24. The number of aryl methyl sites for hydroxylation is 1. The van der Waals surface area contributed by atoms with Gasteiger partial charge in [-0.15, -0.1) is 0 Å². The standard InChI is InChI=1S/C33H47FN6O4/c1-5-28(41)37-30(33(44)40-19-17-38(4)18-20-40)22(3)24-14-15-26(25(34)21-24)35-31(42)29(23-11-8-7-9-12-23)32(43)36-27-13-10-16-39(27)6-2/h10,13-16,21-23,29-30H,5-9,11-12,17-20H2,1-4H3,(H,35,42)(H,36,43)(H,37,41)/t22-,29-,30+/m0/s1. The minimum Gasteiger partial charge on any atom is -0.344 e. The van der Waals surface area contributed by atoms with E-state index in [2.05, 4.69) is 20.9 Å². The Morgan fingerprint density at radius 1 is 0.955 bits per heavy atom. The van der Waals surface area contributed by atoms with Crippen molar-refractivity contribution in [2.24, 2.45) is 11.8 Å². The molecule has 2 aliphatic rings. The van der Waals surface area contributed by atoms with Crippen LogP contribution in [0.2, 0.25) is 0 Å². The molecule has 11 heteroatoms. The monoisotopic (exact) mass is 610 g/mol. The predicted molar refractivity (Wildman–Crippen MR) is 169 cm³/mol. The molecular weight excluding hydrogens is 563 g/mol. The van der Waals surface area contributed by atoms with Crippen LogP contribution in [0, 0.1) is 17.7 Å². The van der Waals surface area contributed by atoms with Crippen LogP contribution in [0.3, 0.4) is 0 Å². The van der Waals surface area contributed by atoms with Crippen LogP contribution in [0.5, 0.6) is 0 Å². The van der Waals surface area contributed by atoms with Crippen LogP contribution in [0.15, 0.2) is 36.5 Å². The largest absolute Gasteiger partial charge is 0.344 e. The van der Waals surface area contributed by atoms with Gasteiger partial charge in [-0.3, -0.25) is 19.2 Å². The summed E-state index contributed by atoms with van der Waals surface area (Å²) in [6.45, 7) is 8.73. The fraction of sp³-hybridized carbons (Fsp3) is 0.576. The lowest BCUT2D eigenvalue weighted by molar-refractivity contribution is -0.138. The van der Waals surface area contributed by atoms with Gasteiger partial charge in [-0.05, 0) is 62.6 Å². The summed E-state index contributed by atoms with van der Waals surface area (Å²) in [5, 5.41) is 8.44. The van der Waals surface area contributed by atoms with E-state index in [0.717, 1.165) is 45.2 Å². The lowest BCUT2D eigenvalue weighted by Gasteiger charge is -2.36. The molecule has 1 saturated heterocycles. The second kappa shape index (κ2) is 15.3.